The predicted molar refractivity (Wildman–Crippen MR) is 76.3 cm³/mol. The van der Waals surface area contributed by atoms with Crippen LogP contribution in [0.25, 0.3) is 0 Å². The van der Waals surface area contributed by atoms with E-state index in [1.807, 2.05) is 0 Å². The van der Waals surface area contributed by atoms with Crippen molar-refractivity contribution in [3.8, 4) is 0 Å². The van der Waals surface area contributed by atoms with Gasteiger partial charge in [0.1, 0.15) is 5.78 Å². The number of rotatable bonds is 12. The molecule has 0 aromatic heterocycles. The van der Waals surface area contributed by atoms with Gasteiger partial charge in [-0.15, -0.1) is 0 Å². The highest BCUT2D eigenvalue weighted by atomic mass is 16.1. The van der Waals surface area contributed by atoms with Crippen LogP contribution in [0, 0.1) is 5.92 Å². The maximum absolute atomic E-state index is 11.8. The Morgan fingerprint density at radius 3 is 1.94 bits per heavy atom. The van der Waals surface area contributed by atoms with Gasteiger partial charge in [-0.3, -0.25) is 4.79 Å². The number of carbonyl (C=O) groups excluding carboxylic acids is 1. The van der Waals surface area contributed by atoms with Crippen molar-refractivity contribution in [1.29, 1.82) is 0 Å². The summed E-state index contributed by atoms with van der Waals surface area (Å²) in [5, 5.41) is 0. The van der Waals surface area contributed by atoms with Crippen LogP contribution in [0.4, 0.5) is 0 Å². The number of hydrogen-bond donors (Lipinski definition) is 0. The molecule has 102 valence electrons. The zero-order valence-corrected chi connectivity index (χ0v) is 12.3. The first-order chi connectivity index (χ1) is 8.22. The number of ketones is 1. The van der Waals surface area contributed by atoms with Crippen LogP contribution in [0.15, 0.2) is 0 Å². The highest BCUT2D eigenvalue weighted by Crippen LogP contribution is 2.15. The normalized spacial score (nSPS) is 12.6. The third-order valence-electron chi connectivity index (χ3n) is 3.57. The van der Waals surface area contributed by atoms with E-state index >= 15 is 0 Å². The molecule has 0 aliphatic carbocycles. The zero-order chi connectivity index (χ0) is 12.9. The fourth-order valence-corrected chi connectivity index (χ4v) is 2.19. The van der Waals surface area contributed by atoms with Crippen molar-refractivity contribution in [2.24, 2.45) is 5.92 Å². The second-order valence-corrected chi connectivity index (χ2v) is 5.38. The molecule has 1 atom stereocenters. The predicted octanol–water partition coefficient (Wildman–Crippen LogP) is 5.52. The van der Waals surface area contributed by atoms with Gasteiger partial charge in [0.15, 0.2) is 0 Å². The lowest BCUT2D eigenvalue weighted by molar-refractivity contribution is -0.122. The van der Waals surface area contributed by atoms with Crippen LogP contribution < -0.4 is 0 Å². The summed E-state index contributed by atoms with van der Waals surface area (Å²) in [5.41, 5.74) is 0. The highest BCUT2D eigenvalue weighted by molar-refractivity contribution is 5.80. The van der Waals surface area contributed by atoms with Crippen LogP contribution in [0.2, 0.25) is 0 Å². The average molecular weight is 240 g/mol. The minimum Gasteiger partial charge on any atom is -0.299 e. The summed E-state index contributed by atoms with van der Waals surface area (Å²) in [6, 6.07) is 0. The van der Waals surface area contributed by atoms with Crippen molar-refractivity contribution < 1.29 is 4.79 Å². The van der Waals surface area contributed by atoms with Gasteiger partial charge in [0.2, 0.25) is 0 Å². The summed E-state index contributed by atoms with van der Waals surface area (Å²) >= 11 is 0. The number of hydrogen-bond acceptors (Lipinski definition) is 1. The molecule has 0 saturated heterocycles. The van der Waals surface area contributed by atoms with E-state index in [9.17, 15) is 4.79 Å². The van der Waals surface area contributed by atoms with E-state index in [4.69, 9.17) is 0 Å². The lowest BCUT2D eigenvalue weighted by Crippen LogP contribution is -2.10. The number of unbranched alkanes of at least 4 members (excludes halogenated alkanes) is 7. The summed E-state index contributed by atoms with van der Waals surface area (Å²) in [6.07, 6.45) is 13.3. The Bertz CT molecular complexity index is 174. The molecular weight excluding hydrogens is 208 g/mol. The first-order valence-corrected chi connectivity index (χ1v) is 7.75. The molecule has 0 heterocycles. The van der Waals surface area contributed by atoms with Gasteiger partial charge in [-0.25, -0.2) is 0 Å². The third-order valence-corrected chi connectivity index (χ3v) is 3.57. The molecule has 0 aromatic carbocycles. The molecule has 1 nitrogen and oxygen atoms in total. The van der Waals surface area contributed by atoms with Crippen molar-refractivity contribution in [2.45, 2.75) is 91.4 Å². The van der Waals surface area contributed by atoms with Gasteiger partial charge in [0, 0.05) is 12.3 Å². The van der Waals surface area contributed by atoms with Gasteiger partial charge in [-0.2, -0.15) is 0 Å². The van der Waals surface area contributed by atoms with E-state index in [0.717, 1.165) is 19.3 Å². The third kappa shape index (κ3) is 10.5. The molecule has 0 aromatic rings. The van der Waals surface area contributed by atoms with Crippen molar-refractivity contribution in [1.82, 2.24) is 0 Å². The highest BCUT2D eigenvalue weighted by Gasteiger charge is 2.11. The summed E-state index contributed by atoms with van der Waals surface area (Å²) in [6.45, 7) is 6.56. The second-order valence-electron chi connectivity index (χ2n) is 5.38. The van der Waals surface area contributed by atoms with E-state index in [1.54, 1.807) is 0 Å². The second kappa shape index (κ2) is 12.1. The largest absolute Gasteiger partial charge is 0.299 e. The summed E-state index contributed by atoms with van der Waals surface area (Å²) < 4.78 is 0. The lowest BCUT2D eigenvalue weighted by atomic mass is 9.95. The molecule has 0 bridgehead atoms. The molecule has 0 amide bonds. The first kappa shape index (κ1) is 16.7. The Morgan fingerprint density at radius 2 is 1.35 bits per heavy atom. The Hall–Kier alpha value is -0.330. The summed E-state index contributed by atoms with van der Waals surface area (Å²) in [4.78, 5) is 11.8. The Kier molecular flexibility index (Phi) is 11.9. The maximum Gasteiger partial charge on any atom is 0.135 e. The molecule has 0 N–H and O–H groups in total. The fourth-order valence-electron chi connectivity index (χ4n) is 2.19. The lowest BCUT2D eigenvalue weighted by Gasteiger charge is -2.10. The molecule has 1 unspecified atom stereocenters. The van der Waals surface area contributed by atoms with Crippen LogP contribution >= 0.6 is 0 Å². The Balaban J connectivity index is 3.40. The molecule has 0 aliphatic rings. The first-order valence-electron chi connectivity index (χ1n) is 7.75. The molecule has 0 spiro atoms. The van der Waals surface area contributed by atoms with Crippen molar-refractivity contribution >= 4 is 5.78 Å². The molecular formula is C16H32O. The number of Topliss-reactive ketones (excluding diaryl/α,β-unsaturated/α-hetero) is 1. The Labute approximate surface area is 108 Å². The molecule has 0 radical (unpaired) electrons. The molecule has 1 heteroatoms. The smallest absolute Gasteiger partial charge is 0.135 e. The maximum atomic E-state index is 11.8. The van der Waals surface area contributed by atoms with Gasteiger partial charge in [0.25, 0.3) is 0 Å². The van der Waals surface area contributed by atoms with Crippen LogP contribution in [0.5, 0.6) is 0 Å². The van der Waals surface area contributed by atoms with Crippen molar-refractivity contribution in [3.05, 3.63) is 0 Å². The van der Waals surface area contributed by atoms with Gasteiger partial charge in [0.05, 0.1) is 0 Å². The quantitative estimate of drug-likeness (QED) is 0.410. The topological polar surface area (TPSA) is 17.1 Å². The standard InChI is InChI=1S/C16H32O/c1-4-6-8-10-11-13-15(3)16(17)14-12-9-7-5-2/h15H,4-14H2,1-3H3. The molecule has 0 saturated carbocycles. The molecule has 0 rings (SSSR count). The Morgan fingerprint density at radius 1 is 0.824 bits per heavy atom. The van der Waals surface area contributed by atoms with Crippen LogP contribution in [-0.2, 0) is 4.79 Å². The van der Waals surface area contributed by atoms with Crippen LogP contribution in [-0.4, -0.2) is 5.78 Å². The SMILES string of the molecule is CCCCCCCC(C)C(=O)CCCCCC. The summed E-state index contributed by atoms with van der Waals surface area (Å²) in [5.74, 6) is 0.801. The van der Waals surface area contributed by atoms with E-state index in [1.165, 1.54) is 51.4 Å². The van der Waals surface area contributed by atoms with Gasteiger partial charge in [-0.05, 0) is 12.8 Å². The van der Waals surface area contributed by atoms with E-state index in [2.05, 4.69) is 20.8 Å². The van der Waals surface area contributed by atoms with Gasteiger partial charge >= 0.3 is 0 Å². The van der Waals surface area contributed by atoms with Crippen LogP contribution in [0.1, 0.15) is 91.4 Å². The molecule has 17 heavy (non-hydrogen) atoms. The van der Waals surface area contributed by atoms with E-state index < -0.39 is 0 Å². The fraction of sp³-hybridized carbons (Fsp3) is 0.938. The van der Waals surface area contributed by atoms with Crippen molar-refractivity contribution in [2.75, 3.05) is 0 Å². The minimum absolute atomic E-state index is 0.304. The minimum atomic E-state index is 0.304. The van der Waals surface area contributed by atoms with E-state index in [0.29, 0.717) is 11.7 Å². The number of carbonyl (C=O) groups is 1. The van der Waals surface area contributed by atoms with Crippen LogP contribution in [0.3, 0.4) is 0 Å². The van der Waals surface area contributed by atoms with Gasteiger partial charge < -0.3 is 0 Å². The van der Waals surface area contributed by atoms with E-state index in [-0.39, 0.29) is 0 Å². The zero-order valence-electron chi connectivity index (χ0n) is 12.3. The monoisotopic (exact) mass is 240 g/mol. The summed E-state index contributed by atoms with van der Waals surface area (Å²) in [7, 11) is 0. The molecule has 0 fully saturated rings. The molecule has 0 aliphatic heterocycles. The van der Waals surface area contributed by atoms with Gasteiger partial charge in [-0.1, -0.05) is 72.1 Å². The average Bonchev–Trinajstić information content (AvgIpc) is 2.34. The van der Waals surface area contributed by atoms with Crippen molar-refractivity contribution in [3.63, 3.8) is 0 Å².